The molecule has 0 atom stereocenters. The number of carbonyl (C=O) groups is 1. The van der Waals surface area contributed by atoms with Crippen molar-refractivity contribution in [1.29, 1.82) is 0 Å². The van der Waals surface area contributed by atoms with E-state index < -0.39 is 0 Å². The largest absolute Gasteiger partial charge is 0.493 e. The first-order valence-electron chi connectivity index (χ1n) is 5.96. The molecule has 1 rings (SSSR count). The van der Waals surface area contributed by atoms with E-state index in [4.69, 9.17) is 9.47 Å². The molecular formula is C14H20O3. The van der Waals surface area contributed by atoms with Gasteiger partial charge in [0.25, 0.3) is 0 Å². The molecule has 0 heterocycles. The van der Waals surface area contributed by atoms with Crippen molar-refractivity contribution in [2.24, 2.45) is 0 Å². The lowest BCUT2D eigenvalue weighted by Gasteiger charge is -2.09. The fourth-order valence-electron chi connectivity index (χ4n) is 1.77. The molecule has 94 valence electrons. The Kier molecular flexibility index (Phi) is 6.15. The molecule has 0 saturated carbocycles. The average Bonchev–Trinajstić information content (AvgIpc) is 2.38. The topological polar surface area (TPSA) is 35.5 Å². The predicted octanol–water partition coefficient (Wildman–Crippen LogP) is 3.01. The van der Waals surface area contributed by atoms with Crippen LogP contribution < -0.4 is 9.47 Å². The molecule has 1 aromatic rings. The number of aldehydes is 1. The molecule has 0 spiro atoms. The zero-order valence-corrected chi connectivity index (χ0v) is 10.6. The van der Waals surface area contributed by atoms with E-state index in [9.17, 15) is 4.79 Å². The van der Waals surface area contributed by atoms with Crippen molar-refractivity contribution in [3.05, 3.63) is 23.8 Å². The van der Waals surface area contributed by atoms with E-state index in [0.29, 0.717) is 6.42 Å². The van der Waals surface area contributed by atoms with Gasteiger partial charge in [0, 0.05) is 6.42 Å². The van der Waals surface area contributed by atoms with Crippen LogP contribution in [0.5, 0.6) is 11.5 Å². The Hall–Kier alpha value is -1.51. The highest BCUT2D eigenvalue weighted by Gasteiger charge is 2.04. The number of hydrogen-bond acceptors (Lipinski definition) is 3. The van der Waals surface area contributed by atoms with Gasteiger partial charge in [-0.05, 0) is 37.0 Å². The summed E-state index contributed by atoms with van der Waals surface area (Å²) in [5, 5.41) is 0. The van der Waals surface area contributed by atoms with Gasteiger partial charge < -0.3 is 14.3 Å². The van der Waals surface area contributed by atoms with E-state index in [1.807, 2.05) is 12.1 Å². The van der Waals surface area contributed by atoms with Gasteiger partial charge in [-0.25, -0.2) is 0 Å². The second-order valence-corrected chi connectivity index (χ2v) is 3.96. The molecule has 0 bridgehead atoms. The Bertz CT molecular complexity index is 347. The number of ether oxygens (including phenoxy) is 2. The molecular weight excluding hydrogens is 216 g/mol. The Morgan fingerprint density at radius 1 is 1.06 bits per heavy atom. The molecule has 0 aliphatic carbocycles. The van der Waals surface area contributed by atoms with Crippen molar-refractivity contribution >= 4 is 6.29 Å². The highest BCUT2D eigenvalue weighted by molar-refractivity contribution is 5.48. The first-order valence-corrected chi connectivity index (χ1v) is 5.96. The van der Waals surface area contributed by atoms with Gasteiger partial charge in [0.2, 0.25) is 0 Å². The molecule has 0 saturated heterocycles. The molecule has 0 amide bonds. The summed E-state index contributed by atoms with van der Waals surface area (Å²) < 4.78 is 10.4. The number of carbonyl (C=O) groups excluding carboxylic acids is 1. The number of aryl methyl sites for hydroxylation is 1. The molecule has 3 heteroatoms. The second kappa shape index (κ2) is 7.71. The van der Waals surface area contributed by atoms with Gasteiger partial charge in [0.1, 0.15) is 6.29 Å². The van der Waals surface area contributed by atoms with Gasteiger partial charge in [-0.2, -0.15) is 0 Å². The van der Waals surface area contributed by atoms with E-state index >= 15 is 0 Å². The lowest BCUT2D eigenvalue weighted by atomic mass is 10.1. The molecule has 0 radical (unpaired) electrons. The Morgan fingerprint density at radius 2 is 1.82 bits per heavy atom. The van der Waals surface area contributed by atoms with Crippen LogP contribution in [0, 0.1) is 0 Å². The minimum atomic E-state index is 0.673. The number of hydrogen-bond donors (Lipinski definition) is 0. The molecule has 0 fully saturated rings. The van der Waals surface area contributed by atoms with Crippen LogP contribution in [-0.4, -0.2) is 20.5 Å². The minimum Gasteiger partial charge on any atom is -0.493 e. The Balaban J connectivity index is 2.45. The van der Waals surface area contributed by atoms with E-state index in [1.54, 1.807) is 14.2 Å². The van der Waals surface area contributed by atoms with Gasteiger partial charge in [0.15, 0.2) is 11.5 Å². The molecule has 17 heavy (non-hydrogen) atoms. The summed E-state index contributed by atoms with van der Waals surface area (Å²) in [4.78, 5) is 10.2. The van der Waals surface area contributed by atoms with Crippen LogP contribution in [0.3, 0.4) is 0 Å². The van der Waals surface area contributed by atoms with Crippen LogP contribution in [0.4, 0.5) is 0 Å². The predicted molar refractivity (Wildman–Crippen MR) is 67.8 cm³/mol. The highest BCUT2D eigenvalue weighted by Crippen LogP contribution is 2.28. The molecule has 0 unspecified atom stereocenters. The van der Waals surface area contributed by atoms with Crippen molar-refractivity contribution in [3.63, 3.8) is 0 Å². The average molecular weight is 236 g/mol. The van der Waals surface area contributed by atoms with E-state index in [-0.39, 0.29) is 0 Å². The lowest BCUT2D eigenvalue weighted by molar-refractivity contribution is -0.107. The van der Waals surface area contributed by atoms with Gasteiger partial charge in [-0.15, -0.1) is 0 Å². The summed E-state index contributed by atoms with van der Waals surface area (Å²) in [6.45, 7) is 0. The maximum Gasteiger partial charge on any atom is 0.160 e. The first kappa shape index (κ1) is 13.6. The van der Waals surface area contributed by atoms with Gasteiger partial charge in [-0.1, -0.05) is 12.5 Å². The summed E-state index contributed by atoms with van der Waals surface area (Å²) in [6, 6.07) is 6.00. The summed E-state index contributed by atoms with van der Waals surface area (Å²) in [7, 11) is 3.28. The smallest absolute Gasteiger partial charge is 0.160 e. The molecule has 1 aromatic carbocycles. The minimum absolute atomic E-state index is 0.673. The van der Waals surface area contributed by atoms with E-state index in [2.05, 4.69) is 6.07 Å². The fraction of sp³-hybridized carbons (Fsp3) is 0.500. The number of methoxy groups -OCH3 is 2. The van der Waals surface area contributed by atoms with Crippen LogP contribution in [-0.2, 0) is 11.2 Å². The van der Waals surface area contributed by atoms with Crippen LogP contribution in [0.25, 0.3) is 0 Å². The highest BCUT2D eigenvalue weighted by atomic mass is 16.5. The SMILES string of the molecule is COc1ccc(CCCCCC=O)cc1OC. The Morgan fingerprint density at radius 3 is 2.47 bits per heavy atom. The monoisotopic (exact) mass is 236 g/mol. The van der Waals surface area contributed by atoms with Crippen LogP contribution in [0.2, 0.25) is 0 Å². The normalized spacial score (nSPS) is 10.0. The van der Waals surface area contributed by atoms with Crippen LogP contribution in [0.1, 0.15) is 31.2 Å². The third-order valence-electron chi connectivity index (χ3n) is 2.74. The third kappa shape index (κ3) is 4.47. The molecule has 3 nitrogen and oxygen atoms in total. The zero-order valence-electron chi connectivity index (χ0n) is 10.6. The standard InChI is InChI=1S/C14H20O3/c1-16-13-9-8-12(11-14(13)17-2)7-5-3-4-6-10-15/h8-11H,3-7H2,1-2H3. The van der Waals surface area contributed by atoms with Crippen molar-refractivity contribution in [1.82, 2.24) is 0 Å². The van der Waals surface area contributed by atoms with E-state index in [1.165, 1.54) is 5.56 Å². The van der Waals surface area contributed by atoms with Gasteiger partial charge in [-0.3, -0.25) is 0 Å². The third-order valence-corrected chi connectivity index (χ3v) is 2.74. The maximum atomic E-state index is 10.2. The number of benzene rings is 1. The summed E-state index contributed by atoms with van der Waals surface area (Å²) in [6.07, 6.45) is 5.84. The Labute approximate surface area is 103 Å². The van der Waals surface area contributed by atoms with Crippen molar-refractivity contribution in [2.75, 3.05) is 14.2 Å². The number of rotatable bonds is 8. The van der Waals surface area contributed by atoms with E-state index in [0.717, 1.165) is 43.5 Å². The molecule has 0 aromatic heterocycles. The first-order chi connectivity index (χ1) is 8.31. The summed E-state index contributed by atoms with van der Waals surface area (Å²) >= 11 is 0. The van der Waals surface area contributed by atoms with Gasteiger partial charge in [0.05, 0.1) is 14.2 Å². The van der Waals surface area contributed by atoms with Crippen molar-refractivity contribution in [2.45, 2.75) is 32.1 Å². The van der Waals surface area contributed by atoms with Crippen molar-refractivity contribution < 1.29 is 14.3 Å². The molecule has 0 N–H and O–H groups in total. The fourth-order valence-corrected chi connectivity index (χ4v) is 1.77. The quantitative estimate of drug-likeness (QED) is 0.514. The lowest BCUT2D eigenvalue weighted by Crippen LogP contribution is -1.93. The summed E-state index contributed by atoms with van der Waals surface area (Å²) in [5.41, 5.74) is 1.24. The molecule has 0 aliphatic heterocycles. The zero-order chi connectivity index (χ0) is 12.5. The second-order valence-electron chi connectivity index (χ2n) is 3.96. The van der Waals surface area contributed by atoms with Gasteiger partial charge >= 0.3 is 0 Å². The number of unbranched alkanes of at least 4 members (excludes halogenated alkanes) is 3. The maximum absolute atomic E-state index is 10.2. The van der Waals surface area contributed by atoms with Crippen LogP contribution >= 0.6 is 0 Å². The van der Waals surface area contributed by atoms with Crippen molar-refractivity contribution in [3.8, 4) is 11.5 Å². The molecule has 0 aliphatic rings. The van der Waals surface area contributed by atoms with Crippen LogP contribution in [0.15, 0.2) is 18.2 Å². The summed E-state index contributed by atoms with van der Waals surface area (Å²) in [5.74, 6) is 1.54.